The zero-order chi connectivity index (χ0) is 14.8. The van der Waals surface area contributed by atoms with Crippen molar-refractivity contribution < 1.29 is 0 Å². The summed E-state index contributed by atoms with van der Waals surface area (Å²) in [5.74, 6) is 1.41. The molecule has 20 heavy (non-hydrogen) atoms. The molecule has 6 nitrogen and oxygen atoms in total. The maximum atomic E-state index is 8.09. The average Bonchev–Trinajstić information content (AvgIpc) is 2.48. The molecule has 2 heterocycles. The third kappa shape index (κ3) is 7.73. The van der Waals surface area contributed by atoms with Crippen molar-refractivity contribution in [3.63, 3.8) is 0 Å². The molecule has 0 aromatic heterocycles. The quantitative estimate of drug-likeness (QED) is 0.375. The Kier molecular flexibility index (Phi) is 9.71. The predicted octanol–water partition coefficient (Wildman–Crippen LogP) is 2.25. The van der Waals surface area contributed by atoms with E-state index in [0.29, 0.717) is 12.5 Å². The molecule has 2 saturated heterocycles. The monoisotopic (exact) mass is 318 g/mol. The summed E-state index contributed by atoms with van der Waals surface area (Å²) in [5, 5.41) is 3.58. The molecule has 0 amide bonds. The summed E-state index contributed by atoms with van der Waals surface area (Å²) in [5.41, 5.74) is 13.6. The van der Waals surface area contributed by atoms with Crippen LogP contribution in [0.25, 0.3) is 10.4 Å². The predicted molar refractivity (Wildman–Crippen MR) is 91.1 cm³/mol. The van der Waals surface area contributed by atoms with Gasteiger partial charge in [-0.25, -0.2) is 0 Å². The lowest BCUT2D eigenvalue weighted by Gasteiger charge is -2.27. The van der Waals surface area contributed by atoms with Gasteiger partial charge in [-0.05, 0) is 49.6 Å². The lowest BCUT2D eigenvalue weighted by molar-refractivity contribution is 0.296. The van der Waals surface area contributed by atoms with E-state index >= 15 is 0 Å². The lowest BCUT2D eigenvalue weighted by atomic mass is 9.99. The Balaban J connectivity index is 0.000000204. The number of azide groups is 1. The van der Waals surface area contributed by atoms with E-state index in [0.717, 1.165) is 38.4 Å². The molecular formula is C12H28N6P2. The zero-order valence-electron chi connectivity index (χ0n) is 12.2. The van der Waals surface area contributed by atoms with Gasteiger partial charge in [-0.15, -0.1) is 0 Å². The Morgan fingerprint density at radius 1 is 1.00 bits per heavy atom. The second kappa shape index (κ2) is 10.7. The van der Waals surface area contributed by atoms with E-state index in [2.05, 4.69) is 38.1 Å². The van der Waals surface area contributed by atoms with Gasteiger partial charge in [0.15, 0.2) is 0 Å². The number of hydrogen-bond acceptors (Lipinski definition) is 4. The number of piperidine rings is 2. The molecule has 8 heteroatoms. The molecule has 2 aliphatic rings. The smallest absolute Gasteiger partial charge is 0.0287 e. The van der Waals surface area contributed by atoms with Crippen LogP contribution >= 0.6 is 18.8 Å². The van der Waals surface area contributed by atoms with Gasteiger partial charge in [-0.2, -0.15) is 0 Å². The van der Waals surface area contributed by atoms with Crippen LogP contribution in [-0.4, -0.2) is 48.6 Å². The van der Waals surface area contributed by atoms with E-state index in [1.54, 1.807) is 0 Å². The fraction of sp³-hybridized carbons (Fsp3) is 1.00. The molecule has 0 aromatic rings. The van der Waals surface area contributed by atoms with Gasteiger partial charge in [0, 0.05) is 37.6 Å². The summed E-state index contributed by atoms with van der Waals surface area (Å²) in [6, 6.07) is 0. The molecule has 0 radical (unpaired) electrons. The summed E-state index contributed by atoms with van der Waals surface area (Å²) in [6.07, 6.45) is 4.87. The van der Waals surface area contributed by atoms with E-state index in [1.807, 2.05) is 0 Å². The van der Waals surface area contributed by atoms with Gasteiger partial charge < -0.3 is 5.73 Å². The fourth-order valence-electron chi connectivity index (χ4n) is 2.48. The molecular weight excluding hydrogens is 290 g/mol. The molecule has 116 valence electrons. The minimum atomic E-state index is 0.614. The highest BCUT2D eigenvalue weighted by Gasteiger charge is 2.15. The van der Waals surface area contributed by atoms with Gasteiger partial charge in [0.25, 0.3) is 0 Å². The first kappa shape index (κ1) is 18.1. The summed E-state index contributed by atoms with van der Waals surface area (Å²) >= 11 is 0. The highest BCUT2D eigenvalue weighted by atomic mass is 31.0. The maximum Gasteiger partial charge on any atom is 0.0287 e. The van der Waals surface area contributed by atoms with Crippen molar-refractivity contribution in [2.45, 2.75) is 25.7 Å². The van der Waals surface area contributed by atoms with E-state index in [-0.39, 0.29) is 0 Å². The van der Waals surface area contributed by atoms with Crippen LogP contribution in [0.3, 0.4) is 0 Å². The van der Waals surface area contributed by atoms with Crippen molar-refractivity contribution in [2.75, 3.05) is 39.3 Å². The van der Waals surface area contributed by atoms with Gasteiger partial charge in [0.2, 0.25) is 0 Å². The molecule has 0 aliphatic carbocycles. The molecule has 2 unspecified atom stereocenters. The highest BCUT2D eigenvalue weighted by molar-refractivity contribution is 7.13. The standard InChI is InChI=1S/C6H13N4P.C6H15N2P/c7-9-8-5-6-1-3-10(11)4-2-6;7-5-6-1-3-8(9)4-2-6/h6H,1-5,11H2;6H,1-5,7,9H2. The molecule has 0 aromatic carbocycles. The average molecular weight is 318 g/mol. The summed E-state index contributed by atoms with van der Waals surface area (Å²) < 4.78 is 4.51. The number of nitrogens with two attached hydrogens (primary N) is 1. The Morgan fingerprint density at radius 3 is 1.85 bits per heavy atom. The van der Waals surface area contributed by atoms with Crippen LogP contribution in [0, 0.1) is 11.8 Å². The van der Waals surface area contributed by atoms with Crippen molar-refractivity contribution in [2.24, 2.45) is 22.7 Å². The second-order valence-electron chi connectivity index (χ2n) is 5.61. The highest BCUT2D eigenvalue weighted by Crippen LogP contribution is 2.19. The van der Waals surface area contributed by atoms with Gasteiger partial charge >= 0.3 is 0 Å². The molecule has 2 fully saturated rings. The Hall–Kier alpha value is 0.0500. The number of hydrogen-bond donors (Lipinski definition) is 1. The van der Waals surface area contributed by atoms with E-state index in [4.69, 9.17) is 11.3 Å². The van der Waals surface area contributed by atoms with Gasteiger partial charge in [0.1, 0.15) is 0 Å². The van der Waals surface area contributed by atoms with Gasteiger partial charge in [-0.3, -0.25) is 9.34 Å². The zero-order valence-corrected chi connectivity index (χ0v) is 14.5. The van der Waals surface area contributed by atoms with Crippen LogP contribution in [-0.2, 0) is 0 Å². The van der Waals surface area contributed by atoms with Crippen LogP contribution in [0.1, 0.15) is 25.7 Å². The summed E-state index contributed by atoms with van der Waals surface area (Å²) in [4.78, 5) is 2.75. The van der Waals surface area contributed by atoms with E-state index < -0.39 is 0 Å². The van der Waals surface area contributed by atoms with Crippen molar-refractivity contribution in [1.29, 1.82) is 0 Å². The summed E-state index contributed by atoms with van der Waals surface area (Å²) in [6.45, 7) is 6.17. The van der Waals surface area contributed by atoms with Crippen molar-refractivity contribution >= 4 is 18.8 Å². The van der Waals surface area contributed by atoms with E-state index in [9.17, 15) is 0 Å². The lowest BCUT2D eigenvalue weighted by Crippen LogP contribution is -2.29. The Labute approximate surface area is 127 Å². The van der Waals surface area contributed by atoms with Crippen LogP contribution in [0.4, 0.5) is 0 Å². The minimum Gasteiger partial charge on any atom is -0.330 e. The van der Waals surface area contributed by atoms with E-state index in [1.165, 1.54) is 25.9 Å². The third-order valence-corrected chi connectivity index (χ3v) is 5.07. The van der Waals surface area contributed by atoms with Crippen molar-refractivity contribution in [3.8, 4) is 0 Å². The second-order valence-corrected chi connectivity index (χ2v) is 7.07. The molecule has 2 aliphatic heterocycles. The number of rotatable bonds is 3. The first-order chi connectivity index (χ1) is 9.65. The minimum absolute atomic E-state index is 0.614. The number of nitrogens with zero attached hydrogens (tertiary/aromatic N) is 5. The summed E-state index contributed by atoms with van der Waals surface area (Å²) in [7, 11) is 5.44. The van der Waals surface area contributed by atoms with Crippen LogP contribution in [0.2, 0.25) is 0 Å². The normalized spacial score (nSPS) is 22.8. The molecule has 0 saturated carbocycles. The third-order valence-electron chi connectivity index (χ3n) is 4.03. The SMILES string of the molecule is NCC1CCN(P)CC1.[N-]=[N+]=NCC1CCN(P)CC1. The fourth-order valence-corrected chi connectivity index (χ4v) is 3.07. The topological polar surface area (TPSA) is 81.3 Å². The largest absolute Gasteiger partial charge is 0.330 e. The molecule has 0 bridgehead atoms. The van der Waals surface area contributed by atoms with Crippen LogP contribution in [0.15, 0.2) is 5.11 Å². The first-order valence-corrected chi connectivity index (χ1v) is 8.39. The Morgan fingerprint density at radius 2 is 1.45 bits per heavy atom. The maximum absolute atomic E-state index is 8.09. The molecule has 0 spiro atoms. The Bertz CT molecular complexity index is 294. The van der Waals surface area contributed by atoms with Crippen LogP contribution < -0.4 is 5.73 Å². The van der Waals surface area contributed by atoms with Crippen LogP contribution in [0.5, 0.6) is 0 Å². The van der Waals surface area contributed by atoms with Gasteiger partial charge in [-0.1, -0.05) is 23.9 Å². The first-order valence-electron chi connectivity index (χ1n) is 7.36. The van der Waals surface area contributed by atoms with Crippen molar-refractivity contribution in [3.05, 3.63) is 10.4 Å². The molecule has 2 N–H and O–H groups in total. The van der Waals surface area contributed by atoms with Crippen molar-refractivity contribution in [1.82, 2.24) is 9.34 Å². The van der Waals surface area contributed by atoms with Gasteiger partial charge in [0.05, 0.1) is 0 Å². The molecule has 2 rings (SSSR count). The molecule has 2 atom stereocenters.